The Morgan fingerprint density at radius 1 is 0.862 bits per heavy atom. The molecule has 4 aromatic rings. The fraction of sp³-hybridized carbons (Fsp3) is 0.600. The summed E-state index contributed by atoms with van der Waals surface area (Å²) in [4.78, 5) is 73.6. The number of rotatable bonds is 16. The summed E-state index contributed by atoms with van der Waals surface area (Å²) in [5.74, 6) is -0.577. The average molecular weight is 895 g/mol. The smallest absolute Gasteiger partial charge is 0.510 e. The van der Waals surface area contributed by atoms with Gasteiger partial charge in [0.15, 0.2) is 12.7 Å². The topological polar surface area (TPSA) is 435 Å². The Kier molecular flexibility index (Phi) is 13.4. The van der Waals surface area contributed by atoms with Crippen LogP contribution in [0.1, 0.15) is 19.9 Å². The van der Waals surface area contributed by atoms with Crippen molar-refractivity contribution in [1.29, 1.82) is 0 Å². The third-order valence-corrected chi connectivity index (χ3v) is 10.9. The second-order valence-electron chi connectivity index (χ2n) is 12.4. The number of H-pyrrole nitrogens is 3. The van der Waals surface area contributed by atoms with Crippen LogP contribution < -0.4 is 41.5 Å². The minimum absolute atomic E-state index is 0. The van der Waals surface area contributed by atoms with Crippen LogP contribution in [0.5, 0.6) is 0 Å². The summed E-state index contributed by atoms with van der Waals surface area (Å²) in [7, 11) is -15.5. The van der Waals surface area contributed by atoms with Crippen LogP contribution in [0.15, 0.2) is 22.2 Å². The molecule has 0 spiro atoms. The molecule has 33 heteroatoms. The molecule has 2 aliphatic heterocycles. The van der Waals surface area contributed by atoms with Crippen molar-refractivity contribution in [2.45, 2.75) is 62.6 Å². The maximum absolute atomic E-state index is 13.6. The zero-order valence-corrected chi connectivity index (χ0v) is 31.4. The van der Waals surface area contributed by atoms with E-state index in [1.807, 2.05) is 0 Å². The van der Waals surface area contributed by atoms with Gasteiger partial charge in [0, 0.05) is 0 Å². The highest BCUT2D eigenvalue weighted by molar-refractivity contribution is 7.47. The van der Waals surface area contributed by atoms with Gasteiger partial charge in [-0.1, -0.05) is 17.4 Å². The first-order chi connectivity index (χ1) is 26.5. The number of halogens is 1. The minimum atomic E-state index is -5.96. The van der Waals surface area contributed by atoms with E-state index in [4.69, 9.17) is 25.8 Å². The fourth-order valence-electron chi connectivity index (χ4n) is 5.88. The molecule has 6 unspecified atom stereocenters. The van der Waals surface area contributed by atoms with Gasteiger partial charge in [-0.25, -0.2) is 13.7 Å². The third-order valence-electron chi connectivity index (χ3n) is 8.43. The van der Waals surface area contributed by atoms with Crippen LogP contribution in [0.3, 0.4) is 0 Å². The number of nitrogens with one attached hydrogen (secondary N) is 3. The van der Waals surface area contributed by atoms with E-state index in [0.29, 0.717) is 0 Å². The molecule has 12 N–H and O–H groups in total. The van der Waals surface area contributed by atoms with Crippen LogP contribution in [0.4, 0.5) is 16.1 Å². The van der Waals surface area contributed by atoms with Crippen molar-refractivity contribution < 1.29 is 94.2 Å². The molecule has 4 aromatic heterocycles. The summed E-state index contributed by atoms with van der Waals surface area (Å²) >= 11 is 0. The minimum Gasteiger partial charge on any atom is -0.756 e. The first-order valence-corrected chi connectivity index (χ1v) is 20.4. The van der Waals surface area contributed by atoms with E-state index in [9.17, 15) is 57.7 Å². The van der Waals surface area contributed by atoms with E-state index < -0.39 is 116 Å². The molecule has 0 radical (unpaired) electrons. The quantitative estimate of drug-likeness (QED) is 0.0371. The van der Waals surface area contributed by atoms with E-state index >= 15 is 0 Å². The number of aromatic nitrogens is 8. The van der Waals surface area contributed by atoms with Crippen molar-refractivity contribution in [3.8, 4) is 0 Å². The molecule has 0 amide bonds. The lowest BCUT2D eigenvalue weighted by Gasteiger charge is -2.29. The summed E-state index contributed by atoms with van der Waals surface area (Å²) < 4.78 is 87.1. The maximum Gasteiger partial charge on any atom is 0.510 e. The highest BCUT2D eigenvalue weighted by atomic mass is 31.2. The SMILES string of the molecule is C.Cn1c[n+]([C@@H]2OC(COP(=O)([O-])OCC(COP(=O)([O-])OCC3O[C@@H]([n+]4c[nH]c5c(=O)[nH]c(N)nc54)[C@H](O)[C@@H]3O)OP(=O)(O)F)[C@@H](O)[C@H]2O)c2nc(N)[nH]c(=O)c21. The molecule has 0 aliphatic carbocycles. The molecule has 0 saturated carbocycles. The number of phosphoric acid groups is 2. The number of imidazole rings is 2. The van der Waals surface area contributed by atoms with Crippen LogP contribution in [-0.2, 0) is 52.8 Å². The molecule has 29 nitrogen and oxygen atoms in total. The van der Waals surface area contributed by atoms with Gasteiger partial charge in [0.2, 0.25) is 23.5 Å². The lowest BCUT2D eigenvalue weighted by molar-refractivity contribution is -0.746. The molecule has 2 aliphatic rings. The number of hydrogen-bond donors (Lipinski definition) is 10. The molecule has 324 valence electrons. The predicted molar refractivity (Wildman–Crippen MR) is 181 cm³/mol. The standard InChI is InChI=1S/C24H34FN10O19P3.CH4/c1-33-7-35(18-12(33)20(41)32-24(27)30-18)22-16(39)14(37)10(53-22)5-51-57(46,47)49-3-8(54-55(25,42)43)2-48-56(44,45)50-4-9-13(36)15(38)21(52-9)34-6-28-11-17(34)29-23(26)31-19(11)40;/h6-10,13-16,21-22,36-39H,2-5H2,1H3,(H8-,26,27,29,30,31,32,40,41,42,43,44,45,46,47);1H4/t8?,9?,10?,13-,14-,15-,16-,21-,22-;/m1./s1. The van der Waals surface area contributed by atoms with Crippen molar-refractivity contribution >= 4 is 57.8 Å². The van der Waals surface area contributed by atoms with Gasteiger partial charge in [-0.3, -0.25) is 47.7 Å². The summed E-state index contributed by atoms with van der Waals surface area (Å²) in [5.41, 5.74) is 9.63. The number of nitrogen functional groups attached to an aromatic ring is 2. The van der Waals surface area contributed by atoms with Gasteiger partial charge in [-0.05, 0) is 0 Å². The number of hydrogen-bond acceptors (Lipinski definition) is 22. The van der Waals surface area contributed by atoms with Crippen LogP contribution in [-0.4, -0.2) is 124 Å². The molecule has 2 fully saturated rings. The van der Waals surface area contributed by atoms with Crippen molar-refractivity contribution in [2.24, 2.45) is 7.05 Å². The second-order valence-corrected chi connectivity index (χ2v) is 16.4. The summed E-state index contributed by atoms with van der Waals surface area (Å²) in [5, 5.41) is 42.2. The number of ether oxygens (including phenoxy) is 2. The number of aryl methyl sites for hydroxylation is 1. The van der Waals surface area contributed by atoms with Crippen LogP contribution in [0.2, 0.25) is 0 Å². The maximum atomic E-state index is 13.6. The monoisotopic (exact) mass is 894 g/mol. The molecular formula is C25H38FN10O19P3. The number of nitrogens with two attached hydrogens (primary N) is 2. The Labute approximate surface area is 322 Å². The zero-order valence-electron chi connectivity index (χ0n) is 28.7. The van der Waals surface area contributed by atoms with E-state index in [-0.39, 0.29) is 41.7 Å². The van der Waals surface area contributed by atoms with Gasteiger partial charge >= 0.3 is 19.2 Å². The Bertz CT molecular complexity index is 2390. The molecule has 58 heavy (non-hydrogen) atoms. The van der Waals surface area contributed by atoms with E-state index in [2.05, 4.69) is 47.5 Å². The average Bonchev–Trinajstić information content (AvgIpc) is 3.83. The Hall–Kier alpha value is -3.64. The number of anilines is 2. The molecule has 6 heterocycles. The van der Waals surface area contributed by atoms with Crippen molar-refractivity contribution in [3.63, 3.8) is 0 Å². The number of phosphoric ester groups is 2. The molecule has 0 aromatic carbocycles. The lowest BCUT2D eigenvalue weighted by Crippen LogP contribution is -2.46. The largest absolute Gasteiger partial charge is 0.756 e. The highest BCUT2D eigenvalue weighted by Crippen LogP contribution is 2.48. The van der Waals surface area contributed by atoms with Crippen LogP contribution in [0, 0.1) is 0 Å². The fourth-order valence-corrected chi connectivity index (χ4v) is 7.87. The number of aliphatic hydroxyl groups is 4. The van der Waals surface area contributed by atoms with Crippen molar-refractivity contribution in [3.05, 3.63) is 33.4 Å². The molecule has 2 saturated heterocycles. The van der Waals surface area contributed by atoms with Gasteiger partial charge in [-0.15, -0.1) is 4.20 Å². The molecule has 12 atom stereocenters. The van der Waals surface area contributed by atoms with Crippen LogP contribution >= 0.6 is 23.6 Å². The van der Waals surface area contributed by atoms with Crippen molar-refractivity contribution in [1.82, 2.24) is 29.5 Å². The Morgan fingerprint density at radius 2 is 1.34 bits per heavy atom. The first-order valence-electron chi connectivity index (χ1n) is 16.0. The molecular weight excluding hydrogens is 856 g/mol. The zero-order chi connectivity index (χ0) is 41.8. The normalized spacial score (nSPS) is 28.6. The number of fused-ring (bicyclic) bond motifs is 2. The number of nitrogens with zero attached hydrogens (tertiary/aromatic N) is 5. The first kappa shape index (κ1) is 45.4. The Balaban J connectivity index is 0.00000641. The third kappa shape index (κ3) is 9.86. The summed E-state index contributed by atoms with van der Waals surface area (Å²) in [6.45, 7) is -4.84. The Morgan fingerprint density at radius 3 is 1.86 bits per heavy atom. The van der Waals surface area contributed by atoms with Gasteiger partial charge in [0.1, 0.15) is 42.7 Å². The van der Waals surface area contributed by atoms with Gasteiger partial charge in [0.05, 0.1) is 33.5 Å². The second kappa shape index (κ2) is 17.1. The summed E-state index contributed by atoms with van der Waals surface area (Å²) in [6.07, 6.45) is -12.9. The van der Waals surface area contributed by atoms with Gasteiger partial charge in [0.25, 0.3) is 38.7 Å². The van der Waals surface area contributed by atoms with E-state index in [1.54, 1.807) is 0 Å². The van der Waals surface area contributed by atoms with Gasteiger partial charge in [-0.2, -0.15) is 0 Å². The van der Waals surface area contributed by atoms with E-state index in [0.717, 1.165) is 15.5 Å². The van der Waals surface area contributed by atoms with Gasteiger partial charge < -0.3 is 69.2 Å². The van der Waals surface area contributed by atoms with Crippen molar-refractivity contribution in [2.75, 3.05) is 37.9 Å². The predicted octanol–water partition coefficient (Wildman–Crippen LogP) is -5.40. The number of aliphatic hydroxyl groups excluding tert-OH is 4. The van der Waals surface area contributed by atoms with E-state index in [1.165, 1.54) is 17.9 Å². The lowest BCUT2D eigenvalue weighted by atomic mass is 10.1. The highest BCUT2D eigenvalue weighted by Gasteiger charge is 2.49. The molecule has 0 bridgehead atoms. The number of aromatic amines is 3. The molecule has 6 rings (SSSR count). The summed E-state index contributed by atoms with van der Waals surface area (Å²) in [6, 6.07) is 0. The van der Waals surface area contributed by atoms with Crippen LogP contribution in [0.25, 0.3) is 22.3 Å².